The van der Waals surface area contributed by atoms with Crippen molar-refractivity contribution >= 4 is 22.6 Å². The minimum absolute atomic E-state index is 0.532. The molecule has 1 aromatic rings. The third-order valence-electron chi connectivity index (χ3n) is 3.24. The van der Waals surface area contributed by atoms with E-state index >= 15 is 0 Å². The molecule has 0 amide bonds. The monoisotopic (exact) mass is 347 g/mol. The highest BCUT2D eigenvalue weighted by Gasteiger charge is 2.20. The lowest BCUT2D eigenvalue weighted by Crippen LogP contribution is -2.28. The lowest BCUT2D eigenvalue weighted by molar-refractivity contribution is 0.382. The van der Waals surface area contributed by atoms with E-state index in [1.54, 1.807) is 14.2 Å². The van der Waals surface area contributed by atoms with E-state index in [0.717, 1.165) is 28.2 Å². The van der Waals surface area contributed by atoms with Crippen LogP contribution in [0.1, 0.15) is 24.3 Å². The SMILES string of the molecule is COc1cc([C@H]2CCCNC2)c(OC)cc1I. The first-order valence-corrected chi connectivity index (χ1v) is 6.96. The van der Waals surface area contributed by atoms with Gasteiger partial charge < -0.3 is 14.8 Å². The Balaban J connectivity index is 2.35. The van der Waals surface area contributed by atoms with Gasteiger partial charge in [-0.25, -0.2) is 0 Å². The van der Waals surface area contributed by atoms with Crippen molar-refractivity contribution < 1.29 is 9.47 Å². The lowest BCUT2D eigenvalue weighted by atomic mass is 9.91. The summed E-state index contributed by atoms with van der Waals surface area (Å²) in [6.45, 7) is 2.15. The second kappa shape index (κ2) is 5.91. The number of hydrogen-bond donors (Lipinski definition) is 1. The molecular formula is C13H18INO2. The van der Waals surface area contributed by atoms with Gasteiger partial charge >= 0.3 is 0 Å². The van der Waals surface area contributed by atoms with E-state index < -0.39 is 0 Å². The Morgan fingerprint density at radius 3 is 2.59 bits per heavy atom. The highest BCUT2D eigenvalue weighted by Crippen LogP contribution is 2.36. The van der Waals surface area contributed by atoms with Crippen LogP contribution in [0.25, 0.3) is 0 Å². The molecule has 1 atom stereocenters. The third kappa shape index (κ3) is 2.85. The largest absolute Gasteiger partial charge is 0.496 e. The van der Waals surface area contributed by atoms with Gasteiger partial charge in [-0.15, -0.1) is 0 Å². The molecule has 1 heterocycles. The topological polar surface area (TPSA) is 30.5 Å². The number of hydrogen-bond acceptors (Lipinski definition) is 3. The lowest BCUT2D eigenvalue weighted by Gasteiger charge is -2.25. The van der Waals surface area contributed by atoms with Crippen molar-refractivity contribution in [3.05, 3.63) is 21.3 Å². The van der Waals surface area contributed by atoms with Crippen LogP contribution in [0.2, 0.25) is 0 Å². The van der Waals surface area contributed by atoms with Crippen LogP contribution in [0.15, 0.2) is 12.1 Å². The van der Waals surface area contributed by atoms with Gasteiger partial charge in [0.2, 0.25) is 0 Å². The molecule has 1 N–H and O–H groups in total. The van der Waals surface area contributed by atoms with Gasteiger partial charge in [-0.2, -0.15) is 0 Å². The molecule has 0 spiro atoms. The van der Waals surface area contributed by atoms with Crippen molar-refractivity contribution in [3.63, 3.8) is 0 Å². The fourth-order valence-electron chi connectivity index (χ4n) is 2.32. The molecule has 3 nitrogen and oxygen atoms in total. The normalized spacial score (nSPS) is 20.1. The molecule has 0 bridgehead atoms. The van der Waals surface area contributed by atoms with Crippen LogP contribution in [0.3, 0.4) is 0 Å². The summed E-state index contributed by atoms with van der Waals surface area (Å²) in [7, 11) is 3.45. The first kappa shape index (κ1) is 13.0. The summed E-state index contributed by atoms with van der Waals surface area (Å²) in [4.78, 5) is 0. The number of benzene rings is 1. The molecule has 1 aliphatic heterocycles. The molecule has 0 unspecified atom stereocenters. The summed E-state index contributed by atoms with van der Waals surface area (Å²) in [6, 6.07) is 4.18. The Morgan fingerprint density at radius 1 is 1.24 bits per heavy atom. The van der Waals surface area contributed by atoms with Crippen LogP contribution < -0.4 is 14.8 Å². The van der Waals surface area contributed by atoms with Crippen molar-refractivity contribution in [1.82, 2.24) is 5.32 Å². The third-order valence-corrected chi connectivity index (χ3v) is 4.08. The van der Waals surface area contributed by atoms with Gasteiger partial charge in [0.25, 0.3) is 0 Å². The van der Waals surface area contributed by atoms with Crippen LogP contribution >= 0.6 is 22.6 Å². The van der Waals surface area contributed by atoms with E-state index in [1.807, 2.05) is 0 Å². The van der Waals surface area contributed by atoms with Gasteiger partial charge in [0.1, 0.15) is 11.5 Å². The number of rotatable bonds is 3. The number of nitrogens with one attached hydrogen (secondary N) is 1. The summed E-state index contributed by atoms with van der Waals surface area (Å²) in [5.74, 6) is 2.44. The van der Waals surface area contributed by atoms with E-state index in [9.17, 15) is 0 Å². The average molecular weight is 347 g/mol. The first-order chi connectivity index (χ1) is 8.26. The number of methoxy groups -OCH3 is 2. The summed E-state index contributed by atoms with van der Waals surface area (Å²) in [5, 5.41) is 3.44. The summed E-state index contributed by atoms with van der Waals surface area (Å²) >= 11 is 2.28. The minimum atomic E-state index is 0.532. The zero-order chi connectivity index (χ0) is 12.3. The second-order valence-electron chi connectivity index (χ2n) is 4.27. The molecule has 4 heteroatoms. The smallest absolute Gasteiger partial charge is 0.132 e. The van der Waals surface area contributed by atoms with E-state index in [4.69, 9.17) is 9.47 Å². The highest BCUT2D eigenvalue weighted by atomic mass is 127. The van der Waals surface area contributed by atoms with Crippen LogP contribution in [-0.2, 0) is 0 Å². The molecule has 0 aliphatic carbocycles. The maximum Gasteiger partial charge on any atom is 0.132 e. The van der Waals surface area contributed by atoms with Gasteiger partial charge in [-0.3, -0.25) is 0 Å². The number of piperidine rings is 1. The molecular weight excluding hydrogens is 329 g/mol. The van der Waals surface area contributed by atoms with Crippen LogP contribution in [0.4, 0.5) is 0 Å². The molecule has 17 heavy (non-hydrogen) atoms. The maximum absolute atomic E-state index is 5.49. The number of ether oxygens (including phenoxy) is 2. The quantitative estimate of drug-likeness (QED) is 0.853. The van der Waals surface area contributed by atoms with Crippen LogP contribution in [0, 0.1) is 3.57 Å². The van der Waals surface area contributed by atoms with E-state index in [0.29, 0.717) is 5.92 Å². The predicted octanol–water partition coefficient (Wildman–Crippen LogP) is 2.78. The summed E-state index contributed by atoms with van der Waals surface area (Å²) in [5.41, 5.74) is 1.26. The molecule has 2 rings (SSSR count). The highest BCUT2D eigenvalue weighted by molar-refractivity contribution is 14.1. The van der Waals surface area contributed by atoms with Crippen molar-refractivity contribution in [2.24, 2.45) is 0 Å². The Labute approximate surface area is 116 Å². The number of halogens is 1. The Kier molecular flexibility index (Phi) is 4.50. The van der Waals surface area contributed by atoms with Crippen molar-refractivity contribution in [3.8, 4) is 11.5 Å². The molecule has 0 saturated carbocycles. The Bertz CT molecular complexity index is 389. The molecule has 94 valence electrons. The molecule has 0 radical (unpaired) electrons. The van der Waals surface area contributed by atoms with Crippen molar-refractivity contribution in [2.45, 2.75) is 18.8 Å². The average Bonchev–Trinajstić information content (AvgIpc) is 2.39. The van der Waals surface area contributed by atoms with Gasteiger partial charge in [0, 0.05) is 18.0 Å². The standard InChI is InChI=1S/C13H18INO2/c1-16-12-7-11(14)13(17-2)6-10(12)9-4-3-5-15-8-9/h6-7,9,15H,3-5,8H2,1-2H3/t9-/m0/s1. The van der Waals surface area contributed by atoms with Gasteiger partial charge in [0.05, 0.1) is 17.8 Å². The predicted molar refractivity (Wildman–Crippen MR) is 77.1 cm³/mol. The fourth-order valence-corrected chi connectivity index (χ4v) is 2.98. The van der Waals surface area contributed by atoms with Gasteiger partial charge in [-0.05, 0) is 54.1 Å². The Morgan fingerprint density at radius 2 is 2.00 bits per heavy atom. The first-order valence-electron chi connectivity index (χ1n) is 5.88. The van der Waals surface area contributed by atoms with E-state index in [-0.39, 0.29) is 0 Å². The van der Waals surface area contributed by atoms with Crippen LogP contribution in [-0.4, -0.2) is 27.3 Å². The molecule has 1 saturated heterocycles. The zero-order valence-electron chi connectivity index (χ0n) is 10.3. The van der Waals surface area contributed by atoms with Crippen molar-refractivity contribution in [1.29, 1.82) is 0 Å². The maximum atomic E-state index is 5.49. The van der Waals surface area contributed by atoms with Crippen LogP contribution in [0.5, 0.6) is 11.5 Å². The summed E-state index contributed by atoms with van der Waals surface area (Å²) < 4.78 is 12.0. The minimum Gasteiger partial charge on any atom is -0.496 e. The van der Waals surface area contributed by atoms with Gasteiger partial charge in [-0.1, -0.05) is 0 Å². The molecule has 1 aromatic carbocycles. The Hall–Kier alpha value is -0.490. The van der Waals surface area contributed by atoms with E-state index in [1.165, 1.54) is 18.4 Å². The van der Waals surface area contributed by atoms with Gasteiger partial charge in [0.15, 0.2) is 0 Å². The summed E-state index contributed by atoms with van der Waals surface area (Å²) in [6.07, 6.45) is 2.44. The molecule has 1 fully saturated rings. The molecule has 0 aromatic heterocycles. The van der Waals surface area contributed by atoms with Crippen molar-refractivity contribution in [2.75, 3.05) is 27.3 Å². The second-order valence-corrected chi connectivity index (χ2v) is 5.43. The van der Waals surface area contributed by atoms with E-state index in [2.05, 4.69) is 40.0 Å². The fraction of sp³-hybridized carbons (Fsp3) is 0.538. The molecule has 1 aliphatic rings. The zero-order valence-corrected chi connectivity index (χ0v) is 12.4.